The molecule has 20 heavy (non-hydrogen) atoms. The van der Waals surface area contributed by atoms with Gasteiger partial charge < -0.3 is 10.5 Å². The molecule has 2 rings (SSSR count). The van der Waals surface area contributed by atoms with Crippen LogP contribution in [0.1, 0.15) is 51.0 Å². The molecule has 1 saturated carbocycles. The molecule has 0 bridgehead atoms. The lowest BCUT2D eigenvalue weighted by molar-refractivity contribution is 0.202. The zero-order valence-corrected chi connectivity index (χ0v) is 12.4. The molecule has 112 valence electrons. The molecule has 0 aromatic heterocycles. The maximum absolute atomic E-state index is 14.0. The highest BCUT2D eigenvalue weighted by atomic mass is 19.1. The Morgan fingerprint density at radius 3 is 2.70 bits per heavy atom. The summed E-state index contributed by atoms with van der Waals surface area (Å²) in [6.45, 7) is 2.69. The van der Waals surface area contributed by atoms with E-state index in [1.807, 2.05) is 13.0 Å². The lowest BCUT2D eigenvalue weighted by Crippen LogP contribution is -2.21. The number of hydrogen-bond donors (Lipinski definition) is 1. The van der Waals surface area contributed by atoms with Gasteiger partial charge in [-0.15, -0.1) is 0 Å². The van der Waals surface area contributed by atoms with Crippen molar-refractivity contribution in [1.29, 1.82) is 0 Å². The number of benzene rings is 1. The van der Waals surface area contributed by atoms with Gasteiger partial charge in [-0.3, -0.25) is 0 Å². The van der Waals surface area contributed by atoms with Crippen molar-refractivity contribution in [2.24, 2.45) is 11.7 Å². The molecule has 0 amide bonds. The molecule has 0 aliphatic heterocycles. The zero-order chi connectivity index (χ0) is 14.4. The molecule has 0 spiro atoms. The third kappa shape index (κ3) is 4.48. The molecule has 1 aliphatic rings. The molecular weight excluding hydrogens is 253 g/mol. The number of halogens is 1. The largest absolute Gasteiger partial charge is 0.490 e. The van der Waals surface area contributed by atoms with Gasteiger partial charge >= 0.3 is 0 Å². The van der Waals surface area contributed by atoms with E-state index in [2.05, 4.69) is 0 Å². The van der Waals surface area contributed by atoms with E-state index < -0.39 is 0 Å². The Hall–Kier alpha value is -1.09. The molecule has 0 radical (unpaired) electrons. The summed E-state index contributed by atoms with van der Waals surface area (Å²) in [5, 5.41) is 0. The fourth-order valence-corrected chi connectivity index (χ4v) is 2.80. The standard InChI is InChI=1S/C17H26FNO/c1-2-15(19)10-14-8-9-17(16(18)11-14)20-12-13-6-4-3-5-7-13/h8-9,11,13,15H,2-7,10,12,19H2,1H3. The summed E-state index contributed by atoms with van der Waals surface area (Å²) in [6, 6.07) is 5.33. The minimum atomic E-state index is -0.262. The van der Waals surface area contributed by atoms with Crippen molar-refractivity contribution in [3.8, 4) is 5.75 Å². The van der Waals surface area contributed by atoms with E-state index in [-0.39, 0.29) is 11.9 Å². The van der Waals surface area contributed by atoms with Gasteiger partial charge in [-0.1, -0.05) is 32.3 Å². The summed E-state index contributed by atoms with van der Waals surface area (Å²) in [5.74, 6) is 0.711. The molecule has 1 aromatic carbocycles. The lowest BCUT2D eigenvalue weighted by atomic mass is 9.90. The summed E-state index contributed by atoms with van der Waals surface area (Å²) in [6.07, 6.45) is 7.94. The van der Waals surface area contributed by atoms with E-state index in [0.717, 1.165) is 18.4 Å². The second kappa shape index (κ2) is 7.63. The fourth-order valence-electron chi connectivity index (χ4n) is 2.80. The van der Waals surface area contributed by atoms with Gasteiger partial charge in [0.15, 0.2) is 11.6 Å². The average Bonchev–Trinajstić information content (AvgIpc) is 2.47. The maximum Gasteiger partial charge on any atom is 0.165 e. The van der Waals surface area contributed by atoms with Crippen LogP contribution in [0.25, 0.3) is 0 Å². The molecule has 0 saturated heterocycles. The quantitative estimate of drug-likeness (QED) is 0.852. The van der Waals surface area contributed by atoms with Gasteiger partial charge in [0.2, 0.25) is 0 Å². The Labute approximate surface area is 121 Å². The second-order valence-corrected chi connectivity index (χ2v) is 5.95. The normalized spacial score (nSPS) is 17.9. The van der Waals surface area contributed by atoms with Crippen LogP contribution in [0.15, 0.2) is 18.2 Å². The lowest BCUT2D eigenvalue weighted by Gasteiger charge is -2.21. The topological polar surface area (TPSA) is 35.2 Å². The highest BCUT2D eigenvalue weighted by Crippen LogP contribution is 2.26. The third-order valence-electron chi connectivity index (χ3n) is 4.22. The first-order valence-corrected chi connectivity index (χ1v) is 7.86. The van der Waals surface area contributed by atoms with E-state index in [4.69, 9.17) is 10.5 Å². The Bertz CT molecular complexity index is 415. The molecule has 1 fully saturated rings. The Morgan fingerprint density at radius 1 is 1.30 bits per heavy atom. The summed E-state index contributed by atoms with van der Waals surface area (Å²) < 4.78 is 19.6. The summed E-state index contributed by atoms with van der Waals surface area (Å²) in [7, 11) is 0. The number of ether oxygens (including phenoxy) is 1. The number of hydrogen-bond acceptors (Lipinski definition) is 2. The average molecular weight is 279 g/mol. The summed E-state index contributed by atoms with van der Waals surface area (Å²) >= 11 is 0. The van der Waals surface area contributed by atoms with Crippen LogP contribution in [0, 0.1) is 11.7 Å². The fraction of sp³-hybridized carbons (Fsp3) is 0.647. The van der Waals surface area contributed by atoms with Crippen molar-refractivity contribution < 1.29 is 9.13 Å². The smallest absolute Gasteiger partial charge is 0.165 e. The van der Waals surface area contributed by atoms with Crippen LogP contribution in [0.3, 0.4) is 0 Å². The number of rotatable bonds is 6. The van der Waals surface area contributed by atoms with Crippen LogP contribution >= 0.6 is 0 Å². The number of nitrogens with two attached hydrogens (primary N) is 1. The van der Waals surface area contributed by atoms with Gasteiger partial charge in [0.25, 0.3) is 0 Å². The molecule has 1 atom stereocenters. The van der Waals surface area contributed by atoms with Crippen molar-refractivity contribution in [2.75, 3.05) is 6.61 Å². The van der Waals surface area contributed by atoms with E-state index in [1.54, 1.807) is 12.1 Å². The van der Waals surface area contributed by atoms with E-state index in [0.29, 0.717) is 18.3 Å². The summed E-state index contributed by atoms with van der Waals surface area (Å²) in [4.78, 5) is 0. The monoisotopic (exact) mass is 279 g/mol. The first kappa shape index (κ1) is 15.3. The minimum Gasteiger partial charge on any atom is -0.490 e. The Morgan fingerprint density at radius 2 is 2.05 bits per heavy atom. The summed E-state index contributed by atoms with van der Waals surface area (Å²) in [5.41, 5.74) is 6.84. The molecule has 1 aliphatic carbocycles. The van der Waals surface area contributed by atoms with Gasteiger partial charge in [-0.2, -0.15) is 0 Å². The van der Waals surface area contributed by atoms with Crippen LogP contribution < -0.4 is 10.5 Å². The predicted octanol–water partition coefficient (Wildman–Crippen LogP) is 4.06. The SMILES string of the molecule is CCC(N)Cc1ccc(OCC2CCCCC2)c(F)c1. The molecular formula is C17H26FNO. The van der Waals surface area contributed by atoms with Gasteiger partial charge in [-0.25, -0.2) is 4.39 Å². The van der Waals surface area contributed by atoms with Crippen LogP contribution in [-0.4, -0.2) is 12.6 Å². The van der Waals surface area contributed by atoms with E-state index in [9.17, 15) is 4.39 Å². The molecule has 2 N–H and O–H groups in total. The van der Waals surface area contributed by atoms with Gasteiger partial charge in [0.05, 0.1) is 6.61 Å². The first-order valence-electron chi connectivity index (χ1n) is 7.86. The van der Waals surface area contributed by atoms with E-state index >= 15 is 0 Å². The second-order valence-electron chi connectivity index (χ2n) is 5.95. The van der Waals surface area contributed by atoms with Crippen molar-refractivity contribution in [1.82, 2.24) is 0 Å². The van der Waals surface area contributed by atoms with Crippen LogP contribution in [0.5, 0.6) is 5.75 Å². The van der Waals surface area contributed by atoms with Crippen molar-refractivity contribution in [3.63, 3.8) is 0 Å². The Balaban J connectivity index is 1.88. The zero-order valence-electron chi connectivity index (χ0n) is 12.4. The van der Waals surface area contributed by atoms with E-state index in [1.165, 1.54) is 32.1 Å². The maximum atomic E-state index is 14.0. The van der Waals surface area contributed by atoms with Crippen molar-refractivity contribution in [2.45, 2.75) is 57.9 Å². The minimum absolute atomic E-state index is 0.100. The predicted molar refractivity (Wildman–Crippen MR) is 80.4 cm³/mol. The van der Waals surface area contributed by atoms with Gasteiger partial charge in [0, 0.05) is 6.04 Å². The van der Waals surface area contributed by atoms with Crippen LogP contribution in [0.4, 0.5) is 4.39 Å². The molecule has 1 aromatic rings. The molecule has 1 unspecified atom stereocenters. The molecule has 2 nitrogen and oxygen atoms in total. The van der Waals surface area contributed by atoms with Crippen LogP contribution in [0.2, 0.25) is 0 Å². The highest BCUT2D eigenvalue weighted by molar-refractivity contribution is 5.29. The highest BCUT2D eigenvalue weighted by Gasteiger charge is 2.15. The van der Waals surface area contributed by atoms with Crippen LogP contribution in [-0.2, 0) is 6.42 Å². The first-order chi connectivity index (χ1) is 9.69. The van der Waals surface area contributed by atoms with Gasteiger partial charge in [-0.05, 0) is 49.3 Å². The Kier molecular flexibility index (Phi) is 5.84. The third-order valence-corrected chi connectivity index (χ3v) is 4.22. The van der Waals surface area contributed by atoms with Gasteiger partial charge in [0.1, 0.15) is 0 Å². The van der Waals surface area contributed by atoms with Crippen molar-refractivity contribution >= 4 is 0 Å². The molecule has 0 heterocycles. The molecule has 3 heteroatoms. The van der Waals surface area contributed by atoms with Crippen molar-refractivity contribution in [3.05, 3.63) is 29.6 Å².